The zero-order chi connectivity index (χ0) is 17.6. The molecule has 2 rings (SSSR count). The van der Waals surface area contributed by atoms with Gasteiger partial charge in [0.2, 0.25) is 10.0 Å². The topological polar surface area (TPSA) is 82.3 Å². The van der Waals surface area contributed by atoms with Crippen molar-refractivity contribution in [1.82, 2.24) is 14.6 Å². The van der Waals surface area contributed by atoms with Crippen LogP contribution in [0.4, 0.5) is 0 Å². The molecule has 0 unspecified atom stereocenters. The number of aromatic nitrogens is 1. The first-order valence-electron chi connectivity index (χ1n) is 7.90. The Morgan fingerprint density at radius 2 is 1.92 bits per heavy atom. The highest BCUT2D eigenvalue weighted by Crippen LogP contribution is 2.22. The highest BCUT2D eigenvalue weighted by Gasteiger charge is 2.15. The van der Waals surface area contributed by atoms with Crippen molar-refractivity contribution in [2.75, 3.05) is 25.9 Å². The first-order valence-corrected chi connectivity index (χ1v) is 9.51. The SMILES string of the molecule is CCS(=O)(=O)N(C)CCCNC(=O)c1c[nH]cc1-c1ccccc1. The van der Waals surface area contributed by atoms with E-state index in [9.17, 15) is 13.2 Å². The molecule has 0 saturated carbocycles. The van der Waals surface area contributed by atoms with Gasteiger partial charge in [-0.25, -0.2) is 12.7 Å². The van der Waals surface area contributed by atoms with E-state index in [1.165, 1.54) is 4.31 Å². The Hall–Kier alpha value is -2.12. The van der Waals surface area contributed by atoms with E-state index in [4.69, 9.17) is 0 Å². The van der Waals surface area contributed by atoms with E-state index < -0.39 is 10.0 Å². The lowest BCUT2D eigenvalue weighted by atomic mass is 10.0. The predicted molar refractivity (Wildman–Crippen MR) is 95.3 cm³/mol. The maximum absolute atomic E-state index is 12.3. The highest BCUT2D eigenvalue weighted by molar-refractivity contribution is 7.89. The lowest BCUT2D eigenvalue weighted by Gasteiger charge is -2.15. The van der Waals surface area contributed by atoms with Gasteiger partial charge in [0.25, 0.3) is 5.91 Å². The van der Waals surface area contributed by atoms with Crippen LogP contribution < -0.4 is 5.32 Å². The van der Waals surface area contributed by atoms with E-state index in [0.29, 0.717) is 25.1 Å². The third kappa shape index (κ3) is 4.46. The Morgan fingerprint density at radius 3 is 2.58 bits per heavy atom. The predicted octanol–water partition coefficient (Wildman–Crippen LogP) is 2.08. The van der Waals surface area contributed by atoms with Gasteiger partial charge in [-0.15, -0.1) is 0 Å². The third-order valence-corrected chi connectivity index (χ3v) is 5.71. The number of carbonyl (C=O) groups excluding carboxylic acids is 1. The first-order chi connectivity index (χ1) is 11.5. The Bertz CT molecular complexity index is 769. The number of H-pyrrole nitrogens is 1. The summed E-state index contributed by atoms with van der Waals surface area (Å²) in [5, 5.41) is 2.84. The summed E-state index contributed by atoms with van der Waals surface area (Å²) < 4.78 is 24.6. The molecular weight excluding hydrogens is 326 g/mol. The second-order valence-corrected chi connectivity index (χ2v) is 7.84. The third-order valence-electron chi connectivity index (χ3n) is 3.85. The van der Waals surface area contributed by atoms with Crippen molar-refractivity contribution in [2.24, 2.45) is 0 Å². The van der Waals surface area contributed by atoms with E-state index in [2.05, 4.69) is 10.3 Å². The van der Waals surface area contributed by atoms with Crippen molar-refractivity contribution in [2.45, 2.75) is 13.3 Å². The van der Waals surface area contributed by atoms with Gasteiger partial charge < -0.3 is 10.3 Å². The molecule has 130 valence electrons. The number of nitrogens with zero attached hydrogens (tertiary/aromatic N) is 1. The summed E-state index contributed by atoms with van der Waals surface area (Å²) in [5.41, 5.74) is 2.40. The maximum Gasteiger partial charge on any atom is 0.253 e. The molecule has 6 nitrogen and oxygen atoms in total. The molecule has 2 aromatic rings. The van der Waals surface area contributed by atoms with Gasteiger partial charge >= 0.3 is 0 Å². The smallest absolute Gasteiger partial charge is 0.253 e. The molecular formula is C17H23N3O3S. The number of hydrogen-bond donors (Lipinski definition) is 2. The number of amides is 1. The van der Waals surface area contributed by atoms with Crippen molar-refractivity contribution < 1.29 is 13.2 Å². The molecule has 0 atom stereocenters. The van der Waals surface area contributed by atoms with Crippen molar-refractivity contribution in [3.63, 3.8) is 0 Å². The summed E-state index contributed by atoms with van der Waals surface area (Å²) in [6, 6.07) is 9.67. The maximum atomic E-state index is 12.3. The minimum atomic E-state index is -3.17. The fourth-order valence-corrected chi connectivity index (χ4v) is 3.21. The molecule has 1 aromatic carbocycles. The van der Waals surface area contributed by atoms with Crippen LogP contribution in [0.5, 0.6) is 0 Å². The molecule has 0 radical (unpaired) electrons. The Morgan fingerprint density at radius 1 is 1.21 bits per heavy atom. The van der Waals surface area contributed by atoms with Gasteiger partial charge in [0.15, 0.2) is 0 Å². The van der Waals surface area contributed by atoms with Crippen LogP contribution in [0.3, 0.4) is 0 Å². The van der Waals surface area contributed by atoms with Gasteiger partial charge in [-0.3, -0.25) is 4.79 Å². The molecule has 7 heteroatoms. The number of carbonyl (C=O) groups is 1. The molecule has 0 bridgehead atoms. The second-order valence-electron chi connectivity index (χ2n) is 5.48. The van der Waals surface area contributed by atoms with E-state index in [1.807, 2.05) is 30.3 Å². The molecule has 0 fully saturated rings. The lowest BCUT2D eigenvalue weighted by molar-refractivity contribution is 0.0953. The van der Waals surface area contributed by atoms with E-state index in [0.717, 1.165) is 11.1 Å². The number of rotatable bonds is 8. The molecule has 1 amide bonds. The number of aromatic amines is 1. The number of nitrogens with one attached hydrogen (secondary N) is 2. The quantitative estimate of drug-likeness (QED) is 0.716. The number of sulfonamides is 1. The second kappa shape index (κ2) is 8.12. The largest absolute Gasteiger partial charge is 0.366 e. The minimum Gasteiger partial charge on any atom is -0.366 e. The fraction of sp³-hybridized carbons (Fsp3) is 0.353. The van der Waals surface area contributed by atoms with Crippen LogP contribution >= 0.6 is 0 Å². The summed E-state index contributed by atoms with van der Waals surface area (Å²) in [5.74, 6) is -0.0873. The summed E-state index contributed by atoms with van der Waals surface area (Å²) in [4.78, 5) is 15.3. The summed E-state index contributed by atoms with van der Waals surface area (Å²) in [6.07, 6.45) is 4.03. The Kier molecular flexibility index (Phi) is 6.16. The van der Waals surface area contributed by atoms with Crippen molar-refractivity contribution >= 4 is 15.9 Å². The molecule has 2 N–H and O–H groups in total. The van der Waals surface area contributed by atoms with E-state index in [-0.39, 0.29) is 11.7 Å². The minimum absolute atomic E-state index is 0.0830. The van der Waals surface area contributed by atoms with Gasteiger partial charge in [-0.1, -0.05) is 30.3 Å². The average Bonchev–Trinajstić information content (AvgIpc) is 3.08. The summed E-state index contributed by atoms with van der Waals surface area (Å²) in [6.45, 7) is 2.42. The molecule has 0 aliphatic carbocycles. The lowest BCUT2D eigenvalue weighted by Crippen LogP contribution is -2.32. The van der Waals surface area contributed by atoms with E-state index in [1.54, 1.807) is 26.4 Å². The van der Waals surface area contributed by atoms with Crippen LogP contribution in [-0.2, 0) is 10.0 Å². The van der Waals surface area contributed by atoms with Crippen LogP contribution in [0.1, 0.15) is 23.7 Å². The molecule has 0 aliphatic rings. The van der Waals surface area contributed by atoms with Gasteiger partial charge in [-0.2, -0.15) is 0 Å². The zero-order valence-corrected chi connectivity index (χ0v) is 14.8. The Balaban J connectivity index is 1.90. The van der Waals surface area contributed by atoms with Gasteiger partial charge in [0.05, 0.1) is 11.3 Å². The number of benzene rings is 1. The van der Waals surface area contributed by atoms with Gasteiger partial charge in [0, 0.05) is 38.1 Å². The molecule has 0 aliphatic heterocycles. The first kappa shape index (κ1) is 18.2. The van der Waals surface area contributed by atoms with Crippen LogP contribution in [0.2, 0.25) is 0 Å². The molecule has 0 spiro atoms. The van der Waals surface area contributed by atoms with E-state index >= 15 is 0 Å². The van der Waals surface area contributed by atoms with Crippen LogP contribution in [-0.4, -0.2) is 49.5 Å². The normalized spacial score (nSPS) is 11.6. The van der Waals surface area contributed by atoms with Crippen LogP contribution in [0.25, 0.3) is 11.1 Å². The molecule has 24 heavy (non-hydrogen) atoms. The Labute approximate surface area is 142 Å². The molecule has 1 heterocycles. The van der Waals surface area contributed by atoms with Gasteiger partial charge in [0.1, 0.15) is 0 Å². The van der Waals surface area contributed by atoms with Crippen LogP contribution in [0, 0.1) is 0 Å². The highest BCUT2D eigenvalue weighted by atomic mass is 32.2. The summed E-state index contributed by atoms with van der Waals surface area (Å²) >= 11 is 0. The molecule has 1 aromatic heterocycles. The van der Waals surface area contributed by atoms with Crippen LogP contribution in [0.15, 0.2) is 42.7 Å². The number of hydrogen-bond acceptors (Lipinski definition) is 3. The zero-order valence-electron chi connectivity index (χ0n) is 14.0. The average molecular weight is 349 g/mol. The fourth-order valence-electron chi connectivity index (χ4n) is 2.37. The monoisotopic (exact) mass is 349 g/mol. The van der Waals surface area contributed by atoms with Gasteiger partial charge in [-0.05, 0) is 18.9 Å². The van der Waals surface area contributed by atoms with Crippen molar-refractivity contribution in [3.8, 4) is 11.1 Å². The van der Waals surface area contributed by atoms with Crippen molar-refractivity contribution in [3.05, 3.63) is 48.3 Å². The molecule has 0 saturated heterocycles. The summed E-state index contributed by atoms with van der Waals surface area (Å²) in [7, 11) is -1.61. The van der Waals surface area contributed by atoms with Crippen molar-refractivity contribution in [1.29, 1.82) is 0 Å². The standard InChI is InChI=1S/C17H23N3O3S/c1-3-24(22,23)20(2)11-7-10-19-17(21)16-13-18-12-15(16)14-8-5-4-6-9-14/h4-6,8-9,12-13,18H,3,7,10-11H2,1-2H3,(H,19,21).